The van der Waals surface area contributed by atoms with Crippen LogP contribution in [0.25, 0.3) is 5.32 Å². The Labute approximate surface area is 88.6 Å². The second-order valence-electron chi connectivity index (χ2n) is 2.63. The van der Waals surface area contributed by atoms with E-state index in [1.807, 2.05) is 30.3 Å². The molecule has 1 saturated heterocycles. The molecule has 1 heterocycles. The number of rotatable bonds is 1. The second kappa shape index (κ2) is 4.36. The molecule has 1 aliphatic heterocycles. The third kappa shape index (κ3) is 2.27. The summed E-state index contributed by atoms with van der Waals surface area (Å²) in [5.41, 5.74) is 1.03. The van der Waals surface area contributed by atoms with Crippen LogP contribution in [0.2, 0.25) is 0 Å². The zero-order valence-electron chi connectivity index (χ0n) is 7.43. The van der Waals surface area contributed by atoms with Crippen molar-refractivity contribution in [3.63, 3.8) is 0 Å². The van der Waals surface area contributed by atoms with Crippen LogP contribution in [0.3, 0.4) is 0 Å². The van der Waals surface area contributed by atoms with E-state index < -0.39 is 6.09 Å². The van der Waals surface area contributed by atoms with Crippen molar-refractivity contribution in [2.75, 3.05) is 6.61 Å². The van der Waals surface area contributed by atoms with Gasteiger partial charge in [0.1, 0.15) is 0 Å². The molecule has 13 heavy (non-hydrogen) atoms. The Morgan fingerprint density at radius 1 is 1.31 bits per heavy atom. The maximum absolute atomic E-state index is 10.6. The molecule has 4 heteroatoms. The van der Waals surface area contributed by atoms with Gasteiger partial charge in [0, 0.05) is 0 Å². The van der Waals surface area contributed by atoms with E-state index in [9.17, 15) is 4.79 Å². The third-order valence-electron chi connectivity index (χ3n) is 1.81. The minimum Gasteiger partial charge on any atom is -0.608 e. The van der Waals surface area contributed by atoms with Crippen molar-refractivity contribution in [1.82, 2.24) is 0 Å². The number of hydrogen-bond donors (Lipinski definition) is 0. The molecule has 1 fully saturated rings. The molecule has 0 saturated carbocycles. The number of hydrogen-bond acceptors (Lipinski definition) is 2. The molecular formula is C9H8LiNO2. The number of ether oxygens (including phenoxy) is 1. The van der Waals surface area contributed by atoms with Gasteiger partial charge in [0.25, 0.3) is 0 Å². The molecule has 1 amide bonds. The van der Waals surface area contributed by atoms with Crippen molar-refractivity contribution in [3.8, 4) is 0 Å². The Hall–Kier alpha value is -0.913. The minimum absolute atomic E-state index is 0. The Kier molecular flexibility index (Phi) is 3.41. The van der Waals surface area contributed by atoms with E-state index in [2.05, 4.69) is 5.32 Å². The molecule has 0 radical (unpaired) electrons. The molecule has 0 spiro atoms. The van der Waals surface area contributed by atoms with Crippen molar-refractivity contribution < 1.29 is 28.4 Å². The predicted octanol–water partition coefficient (Wildman–Crippen LogP) is -0.744. The first-order chi connectivity index (χ1) is 5.86. The van der Waals surface area contributed by atoms with Gasteiger partial charge in [0.2, 0.25) is 6.09 Å². The van der Waals surface area contributed by atoms with Gasteiger partial charge in [0.15, 0.2) is 0 Å². The molecule has 0 bridgehead atoms. The average Bonchev–Trinajstić information content (AvgIpc) is 2.54. The van der Waals surface area contributed by atoms with Gasteiger partial charge >= 0.3 is 18.9 Å². The SMILES string of the molecule is O=C1[N-][C@H](c2ccccc2)CO1.[Li+]. The summed E-state index contributed by atoms with van der Waals surface area (Å²) in [4.78, 5) is 10.6. The van der Waals surface area contributed by atoms with Crippen molar-refractivity contribution in [3.05, 3.63) is 41.2 Å². The van der Waals surface area contributed by atoms with E-state index >= 15 is 0 Å². The largest absolute Gasteiger partial charge is 1.00 e. The van der Waals surface area contributed by atoms with Gasteiger partial charge in [0.05, 0.1) is 6.61 Å². The first kappa shape index (κ1) is 10.2. The third-order valence-corrected chi connectivity index (χ3v) is 1.81. The Bertz CT molecular complexity index is 289. The first-order valence-corrected chi connectivity index (χ1v) is 3.79. The normalized spacial score (nSPS) is 20.0. The summed E-state index contributed by atoms with van der Waals surface area (Å²) < 4.78 is 4.71. The van der Waals surface area contributed by atoms with E-state index in [-0.39, 0.29) is 24.9 Å². The van der Waals surface area contributed by atoms with E-state index in [1.165, 1.54) is 0 Å². The molecule has 1 aliphatic rings. The van der Waals surface area contributed by atoms with Gasteiger partial charge < -0.3 is 10.1 Å². The van der Waals surface area contributed by atoms with Gasteiger partial charge in [-0.1, -0.05) is 41.9 Å². The molecule has 1 aromatic carbocycles. The van der Waals surface area contributed by atoms with Crippen molar-refractivity contribution in [2.45, 2.75) is 6.04 Å². The molecule has 0 unspecified atom stereocenters. The van der Waals surface area contributed by atoms with Crippen molar-refractivity contribution >= 4 is 6.09 Å². The zero-order chi connectivity index (χ0) is 8.39. The van der Waals surface area contributed by atoms with Crippen LogP contribution in [-0.4, -0.2) is 12.7 Å². The van der Waals surface area contributed by atoms with Crippen LogP contribution >= 0.6 is 0 Å². The Balaban J connectivity index is 0.000000845. The van der Waals surface area contributed by atoms with Crippen LogP contribution in [0.15, 0.2) is 30.3 Å². The topological polar surface area (TPSA) is 40.4 Å². The van der Waals surface area contributed by atoms with Crippen LogP contribution in [0.5, 0.6) is 0 Å². The quantitative estimate of drug-likeness (QED) is 0.519. The van der Waals surface area contributed by atoms with E-state index in [1.54, 1.807) is 0 Å². The molecule has 3 nitrogen and oxygen atoms in total. The van der Waals surface area contributed by atoms with Crippen LogP contribution in [0.4, 0.5) is 4.79 Å². The fraction of sp³-hybridized carbons (Fsp3) is 0.222. The average molecular weight is 169 g/mol. The predicted molar refractivity (Wildman–Crippen MR) is 43.9 cm³/mol. The van der Waals surface area contributed by atoms with Crippen LogP contribution in [0.1, 0.15) is 11.6 Å². The number of cyclic esters (lactones) is 1. The number of carbonyl (C=O) groups is 1. The summed E-state index contributed by atoms with van der Waals surface area (Å²) >= 11 is 0. The molecule has 1 aromatic rings. The van der Waals surface area contributed by atoms with Gasteiger partial charge in [-0.3, -0.25) is 4.79 Å². The summed E-state index contributed by atoms with van der Waals surface area (Å²) in [6.07, 6.45) is -0.455. The number of benzene rings is 1. The number of nitrogens with zero attached hydrogens (tertiary/aromatic N) is 1. The summed E-state index contributed by atoms with van der Waals surface area (Å²) in [7, 11) is 0. The smallest absolute Gasteiger partial charge is 0.608 e. The Morgan fingerprint density at radius 3 is 2.54 bits per heavy atom. The number of amides is 1. The summed E-state index contributed by atoms with van der Waals surface area (Å²) in [5.74, 6) is 0. The molecule has 2 rings (SSSR count). The Morgan fingerprint density at radius 2 is 2.00 bits per heavy atom. The summed E-state index contributed by atoms with van der Waals surface area (Å²) in [5, 5.41) is 3.80. The van der Waals surface area contributed by atoms with Crippen LogP contribution < -0.4 is 18.9 Å². The van der Waals surface area contributed by atoms with Crippen molar-refractivity contribution in [2.24, 2.45) is 0 Å². The first-order valence-electron chi connectivity index (χ1n) is 3.79. The molecule has 62 valence electrons. The monoisotopic (exact) mass is 169 g/mol. The molecule has 1 atom stereocenters. The summed E-state index contributed by atoms with van der Waals surface area (Å²) in [6.45, 7) is 0.378. The molecule has 0 aliphatic carbocycles. The molecule has 0 N–H and O–H groups in total. The van der Waals surface area contributed by atoms with E-state index in [0.717, 1.165) is 5.56 Å². The molecule has 0 aromatic heterocycles. The van der Waals surface area contributed by atoms with E-state index in [0.29, 0.717) is 6.61 Å². The van der Waals surface area contributed by atoms with Gasteiger partial charge in [-0.2, -0.15) is 0 Å². The maximum Gasteiger partial charge on any atom is 1.00 e. The summed E-state index contributed by atoms with van der Waals surface area (Å²) in [6, 6.07) is 9.56. The van der Waals surface area contributed by atoms with Gasteiger partial charge in [-0.25, -0.2) is 0 Å². The molecular weight excluding hydrogens is 161 g/mol. The van der Waals surface area contributed by atoms with Crippen LogP contribution in [0, 0.1) is 0 Å². The second-order valence-corrected chi connectivity index (χ2v) is 2.63. The van der Waals surface area contributed by atoms with Gasteiger partial charge in [-0.05, 0) is 0 Å². The standard InChI is InChI=1S/C9H9NO2.Li/c11-9-10-8(6-12-9)7-4-2-1-3-5-7;/h1-5,8H,6H2,(H,10,11);/q;+1/p-1/t8-;/m0./s1. The zero-order valence-corrected chi connectivity index (χ0v) is 7.43. The maximum atomic E-state index is 10.6. The van der Waals surface area contributed by atoms with Gasteiger partial charge in [-0.15, -0.1) is 0 Å². The minimum atomic E-state index is -0.455. The fourth-order valence-corrected chi connectivity index (χ4v) is 1.20. The fourth-order valence-electron chi connectivity index (χ4n) is 1.20. The van der Waals surface area contributed by atoms with Crippen LogP contribution in [-0.2, 0) is 4.74 Å². The number of carbonyl (C=O) groups excluding carboxylic acids is 1. The van der Waals surface area contributed by atoms with Crippen molar-refractivity contribution in [1.29, 1.82) is 0 Å². The van der Waals surface area contributed by atoms with E-state index in [4.69, 9.17) is 4.74 Å².